The number of nitrogens with two attached hydrogens (primary N) is 2. The van der Waals surface area contributed by atoms with Crippen molar-refractivity contribution in [2.45, 2.75) is 37.8 Å². The van der Waals surface area contributed by atoms with Crippen LogP contribution in [0.3, 0.4) is 0 Å². The molecule has 0 radical (unpaired) electrons. The number of aromatic nitrogens is 3. The Kier molecular flexibility index (Phi) is 8.93. The zero-order chi connectivity index (χ0) is 29.1. The first-order chi connectivity index (χ1) is 19.7. The Balaban J connectivity index is 0.000000794. The van der Waals surface area contributed by atoms with Crippen LogP contribution in [0.4, 0.5) is 14.6 Å². The monoisotopic (exact) mass is 583 g/mol. The third-order valence-corrected chi connectivity index (χ3v) is 8.17. The smallest absolute Gasteiger partial charge is 0.198 e. The van der Waals surface area contributed by atoms with Gasteiger partial charge in [0.05, 0.1) is 5.39 Å². The quantitative estimate of drug-likeness (QED) is 0.312. The second-order valence-electron chi connectivity index (χ2n) is 10.7. The highest BCUT2D eigenvalue weighted by Gasteiger charge is 2.30. The van der Waals surface area contributed by atoms with Crippen molar-refractivity contribution in [3.8, 4) is 22.3 Å². The standard InChI is InChI=1S/C29H32F2N6.H3NO2S/c1-35-11-13-36(14-12-35)22-6-8-23(9-7-22)37-17-25(27-28(32)33-18-34-29(27)37)20-5-10-24(26(31)16-20)19-3-2-4-21(30)15-19;1-4(2)3/h2-5,10,15-18,22-23H,6-9,11-14H2,1H3,(H2,32,33,34);4H,(H2,1,2,3). The second-order valence-corrected chi connectivity index (χ2v) is 11.3. The zero-order valence-electron chi connectivity index (χ0n) is 22.9. The van der Waals surface area contributed by atoms with E-state index in [4.69, 9.17) is 14.2 Å². The van der Waals surface area contributed by atoms with Crippen molar-refractivity contribution in [3.05, 3.63) is 66.6 Å². The van der Waals surface area contributed by atoms with E-state index in [9.17, 15) is 4.39 Å². The molecule has 9 nitrogen and oxygen atoms in total. The largest absolute Gasteiger partial charge is 0.383 e. The Morgan fingerprint density at radius 3 is 2.20 bits per heavy atom. The van der Waals surface area contributed by atoms with Crippen molar-refractivity contribution in [1.82, 2.24) is 24.3 Å². The predicted octanol–water partition coefficient (Wildman–Crippen LogP) is 3.83. The van der Waals surface area contributed by atoms with Gasteiger partial charge < -0.3 is 15.2 Å². The first-order valence-electron chi connectivity index (χ1n) is 13.7. The molecule has 2 fully saturated rings. The number of halogens is 2. The number of nitrogen functional groups attached to an aromatic ring is 1. The first-order valence-corrected chi connectivity index (χ1v) is 14.9. The number of hydrogen-bond donors (Lipinski definition) is 3. The number of benzene rings is 2. The summed E-state index contributed by atoms with van der Waals surface area (Å²) in [5, 5.41) is 4.82. The van der Waals surface area contributed by atoms with Crippen molar-refractivity contribution in [3.63, 3.8) is 0 Å². The summed E-state index contributed by atoms with van der Waals surface area (Å²) in [6.07, 6.45) is 8.00. The van der Waals surface area contributed by atoms with E-state index >= 15 is 4.39 Å². The maximum Gasteiger partial charge on any atom is 0.198 e. The van der Waals surface area contributed by atoms with Crippen molar-refractivity contribution < 1.29 is 17.2 Å². The molecule has 1 aliphatic carbocycles. The molecule has 1 aliphatic heterocycles. The van der Waals surface area contributed by atoms with Gasteiger partial charge in [0.2, 0.25) is 0 Å². The molecule has 218 valence electrons. The summed E-state index contributed by atoms with van der Waals surface area (Å²) in [5.41, 5.74) is 9.51. The van der Waals surface area contributed by atoms with Crippen LogP contribution in [-0.2, 0) is 10.9 Å². The van der Waals surface area contributed by atoms with Gasteiger partial charge in [-0.05, 0) is 62.1 Å². The van der Waals surface area contributed by atoms with Gasteiger partial charge in [-0.2, -0.15) is 0 Å². The Morgan fingerprint density at radius 2 is 1.54 bits per heavy atom. The van der Waals surface area contributed by atoms with Gasteiger partial charge in [0, 0.05) is 55.6 Å². The number of thiol groups is 1. The highest BCUT2D eigenvalue weighted by Crippen LogP contribution is 2.40. The van der Waals surface area contributed by atoms with E-state index in [0.717, 1.165) is 68.5 Å². The number of piperazine rings is 1. The molecule has 1 saturated heterocycles. The van der Waals surface area contributed by atoms with Crippen molar-refractivity contribution in [1.29, 1.82) is 0 Å². The van der Waals surface area contributed by atoms with Crippen LogP contribution in [0, 0.1) is 11.6 Å². The van der Waals surface area contributed by atoms with Gasteiger partial charge in [-0.15, -0.1) is 0 Å². The summed E-state index contributed by atoms with van der Waals surface area (Å²) >= 11 is 0. The zero-order valence-corrected chi connectivity index (χ0v) is 23.8. The van der Waals surface area contributed by atoms with Crippen LogP contribution in [0.2, 0.25) is 0 Å². The maximum atomic E-state index is 15.3. The topological polar surface area (TPSA) is 123 Å². The number of rotatable bonds is 4. The van der Waals surface area contributed by atoms with Gasteiger partial charge in [0.1, 0.15) is 29.4 Å². The van der Waals surface area contributed by atoms with E-state index < -0.39 is 22.5 Å². The minimum absolute atomic E-state index is 0.311. The molecule has 6 rings (SSSR count). The van der Waals surface area contributed by atoms with E-state index in [1.54, 1.807) is 18.2 Å². The fraction of sp³-hybridized carbons (Fsp3) is 0.379. The van der Waals surface area contributed by atoms with E-state index in [1.807, 2.05) is 6.07 Å². The summed E-state index contributed by atoms with van der Waals surface area (Å²) in [7, 11) is -0.428. The lowest BCUT2D eigenvalue weighted by Gasteiger charge is -2.41. The van der Waals surface area contributed by atoms with Gasteiger partial charge >= 0.3 is 0 Å². The summed E-state index contributed by atoms with van der Waals surface area (Å²) < 4.78 is 48.8. The Morgan fingerprint density at radius 1 is 0.878 bits per heavy atom. The van der Waals surface area contributed by atoms with Gasteiger partial charge in [-0.25, -0.2) is 32.3 Å². The lowest BCUT2D eigenvalue weighted by atomic mass is 9.89. The van der Waals surface area contributed by atoms with Gasteiger partial charge in [-0.3, -0.25) is 4.90 Å². The molecular weight excluding hydrogens is 548 g/mol. The maximum absolute atomic E-state index is 15.3. The van der Waals surface area contributed by atoms with Gasteiger partial charge in [0.15, 0.2) is 10.9 Å². The third-order valence-electron chi connectivity index (χ3n) is 8.17. The number of hydrogen-bond acceptors (Lipinski definition) is 7. The van der Waals surface area contributed by atoms with Crippen LogP contribution in [0.15, 0.2) is 55.0 Å². The first kappa shape index (κ1) is 29.1. The predicted molar refractivity (Wildman–Crippen MR) is 158 cm³/mol. The molecule has 4 aromatic rings. The Labute approximate surface area is 239 Å². The molecule has 4 N–H and O–H groups in total. The fourth-order valence-corrected chi connectivity index (χ4v) is 6.07. The summed E-state index contributed by atoms with van der Waals surface area (Å²) in [6.45, 7) is 4.55. The van der Waals surface area contributed by atoms with Crippen LogP contribution in [0.5, 0.6) is 0 Å². The highest BCUT2D eigenvalue weighted by atomic mass is 32.2. The lowest BCUT2D eigenvalue weighted by molar-refractivity contribution is 0.0828. The minimum atomic E-state index is -2.62. The fourth-order valence-electron chi connectivity index (χ4n) is 6.07. The third kappa shape index (κ3) is 6.56. The molecule has 41 heavy (non-hydrogen) atoms. The van der Waals surface area contributed by atoms with Crippen LogP contribution in [-0.4, -0.2) is 72.0 Å². The normalized spacial score (nSPS) is 20.2. The molecular formula is C29H35F2N7O2S. The molecule has 3 heterocycles. The molecule has 0 atom stereocenters. The molecule has 0 bridgehead atoms. The molecule has 2 aromatic carbocycles. The van der Waals surface area contributed by atoms with Gasteiger partial charge in [-0.1, -0.05) is 24.3 Å². The Hall–Kier alpha value is -3.45. The molecule has 0 amide bonds. The molecule has 1 saturated carbocycles. The van der Waals surface area contributed by atoms with Crippen LogP contribution in [0.1, 0.15) is 31.7 Å². The SMILES string of the molecule is CN1CCN(C2CCC(n3cc(-c4ccc(-c5cccc(F)c5)c(F)c4)c4c(N)ncnc43)CC2)CC1.N[SH](=O)=O. The molecule has 2 aromatic heterocycles. The van der Waals surface area contributed by atoms with E-state index in [2.05, 4.69) is 42.7 Å². The molecule has 12 heteroatoms. The van der Waals surface area contributed by atoms with E-state index in [0.29, 0.717) is 34.6 Å². The van der Waals surface area contributed by atoms with Crippen LogP contribution in [0.25, 0.3) is 33.3 Å². The average molecular weight is 584 g/mol. The molecule has 0 spiro atoms. The minimum Gasteiger partial charge on any atom is -0.383 e. The summed E-state index contributed by atoms with van der Waals surface area (Å²) in [5.74, 6) is -0.414. The molecule has 2 aliphatic rings. The van der Waals surface area contributed by atoms with Crippen molar-refractivity contribution in [2.75, 3.05) is 39.0 Å². The van der Waals surface area contributed by atoms with Crippen LogP contribution < -0.4 is 10.9 Å². The van der Waals surface area contributed by atoms with Gasteiger partial charge in [0.25, 0.3) is 0 Å². The number of fused-ring (bicyclic) bond motifs is 1. The highest BCUT2D eigenvalue weighted by molar-refractivity contribution is 7.69. The number of anilines is 1. The van der Waals surface area contributed by atoms with Crippen molar-refractivity contribution >= 4 is 27.7 Å². The van der Waals surface area contributed by atoms with E-state index in [-0.39, 0.29) is 0 Å². The molecule has 0 unspecified atom stereocenters. The van der Waals surface area contributed by atoms with Crippen LogP contribution >= 0.6 is 0 Å². The summed E-state index contributed by atoms with van der Waals surface area (Å²) in [4.78, 5) is 13.9. The Bertz CT molecular complexity index is 1590. The average Bonchev–Trinajstić information content (AvgIpc) is 3.34. The number of nitrogens with zero attached hydrogens (tertiary/aromatic N) is 5. The number of likely N-dealkylation sites (N-methyl/N-ethyl adjacent to an activating group) is 1. The second kappa shape index (κ2) is 12.6. The van der Waals surface area contributed by atoms with Crippen molar-refractivity contribution in [2.24, 2.45) is 5.14 Å². The summed E-state index contributed by atoms with van der Waals surface area (Å²) in [6, 6.07) is 12.0. The lowest BCUT2D eigenvalue weighted by Crippen LogP contribution is -2.49. The van der Waals surface area contributed by atoms with E-state index in [1.165, 1.54) is 24.5 Å².